The molecule has 0 aromatic carbocycles. The summed E-state index contributed by atoms with van der Waals surface area (Å²) in [4.78, 5) is 17.2. The van der Waals surface area contributed by atoms with Gasteiger partial charge in [0.1, 0.15) is 5.78 Å². The van der Waals surface area contributed by atoms with E-state index in [1.165, 1.54) is 186 Å². The van der Waals surface area contributed by atoms with Crippen molar-refractivity contribution in [1.29, 1.82) is 0 Å². The van der Waals surface area contributed by atoms with Gasteiger partial charge in [-0.15, -0.1) is 0 Å². The number of carbonyl (C=O) groups excluding carboxylic acids is 1. The van der Waals surface area contributed by atoms with Crippen LogP contribution < -0.4 is 0 Å². The van der Waals surface area contributed by atoms with E-state index in [0.29, 0.717) is 12.3 Å². The Labute approximate surface area is 260 Å². The molecular weight excluding hydrogens is 500 g/mol. The molecule has 41 heavy (non-hydrogen) atoms. The molecule has 0 aliphatic rings. The van der Waals surface area contributed by atoms with Crippen LogP contribution in [0.25, 0.3) is 0 Å². The zero-order valence-electron chi connectivity index (χ0n) is 29.1. The van der Waals surface area contributed by atoms with Gasteiger partial charge in [0.15, 0.2) is 0 Å². The molecule has 0 saturated heterocycles. The first-order valence-electron chi connectivity index (χ1n) is 19.1. The lowest BCUT2D eigenvalue weighted by atomic mass is 10.1. The first-order chi connectivity index (χ1) is 20.1. The second-order valence-corrected chi connectivity index (χ2v) is 13.3. The molecule has 3 heteroatoms. The molecule has 3 nitrogen and oxygen atoms in total. The standard InChI is InChI=1S/C38H78N2O/c1-5-8-11-14-17-19-21-24-26-29-32-39(33-30-27-25-22-20-18-15-12-9-6-2)35-36-40(37-38(4)41)34-31-28-23-16-13-10-7-3/h5-37H2,1-4H3. The smallest absolute Gasteiger partial charge is 0.143 e. The van der Waals surface area contributed by atoms with Crippen LogP contribution in [0.15, 0.2) is 0 Å². The summed E-state index contributed by atoms with van der Waals surface area (Å²) in [6.07, 6.45) is 37.6. The molecule has 0 saturated carbocycles. The van der Waals surface area contributed by atoms with E-state index in [2.05, 4.69) is 30.6 Å². The average molecular weight is 579 g/mol. The largest absolute Gasteiger partial charge is 0.302 e. The molecule has 0 fully saturated rings. The molecule has 0 spiro atoms. The number of Topliss-reactive ketones (excluding diaryl/α,β-unsaturated/α-hetero) is 1. The molecule has 0 unspecified atom stereocenters. The van der Waals surface area contributed by atoms with Crippen molar-refractivity contribution in [2.24, 2.45) is 0 Å². The number of rotatable bonds is 35. The predicted octanol–water partition coefficient (Wildman–Crippen LogP) is 11.8. The van der Waals surface area contributed by atoms with Crippen LogP contribution in [0.4, 0.5) is 0 Å². The van der Waals surface area contributed by atoms with E-state index < -0.39 is 0 Å². The quantitative estimate of drug-likeness (QED) is 0.0699. The summed E-state index contributed by atoms with van der Waals surface area (Å²) in [5.74, 6) is 0.323. The Kier molecular flexibility index (Phi) is 33.7. The lowest BCUT2D eigenvalue weighted by Gasteiger charge is -2.27. The van der Waals surface area contributed by atoms with Crippen molar-refractivity contribution in [2.75, 3.05) is 39.3 Å². The summed E-state index contributed by atoms with van der Waals surface area (Å²) in [5, 5.41) is 0. The van der Waals surface area contributed by atoms with E-state index in [1.54, 1.807) is 6.92 Å². The van der Waals surface area contributed by atoms with Crippen LogP contribution in [0.3, 0.4) is 0 Å². The third-order valence-electron chi connectivity index (χ3n) is 8.91. The minimum atomic E-state index is 0.323. The number of unbranched alkanes of at least 4 members (excludes halogenated alkanes) is 24. The van der Waals surface area contributed by atoms with E-state index in [-0.39, 0.29) is 0 Å². The Balaban J connectivity index is 4.37. The summed E-state index contributed by atoms with van der Waals surface area (Å²) >= 11 is 0. The highest BCUT2D eigenvalue weighted by Gasteiger charge is 2.11. The van der Waals surface area contributed by atoms with Crippen LogP contribution in [0.5, 0.6) is 0 Å². The van der Waals surface area contributed by atoms with E-state index in [9.17, 15) is 4.79 Å². The Morgan fingerprint density at radius 3 is 0.878 bits per heavy atom. The first kappa shape index (κ1) is 40.6. The van der Waals surface area contributed by atoms with Crippen LogP contribution in [0, 0.1) is 0 Å². The average Bonchev–Trinajstić information content (AvgIpc) is 2.96. The Bertz CT molecular complexity index is 485. The highest BCUT2D eigenvalue weighted by atomic mass is 16.1. The van der Waals surface area contributed by atoms with Crippen molar-refractivity contribution < 1.29 is 4.79 Å². The van der Waals surface area contributed by atoms with E-state index >= 15 is 0 Å². The summed E-state index contributed by atoms with van der Waals surface area (Å²) in [6, 6.07) is 0. The maximum absolute atomic E-state index is 12.0. The summed E-state index contributed by atoms with van der Waals surface area (Å²) in [6.45, 7) is 15.1. The fraction of sp³-hybridized carbons (Fsp3) is 0.974. The summed E-state index contributed by atoms with van der Waals surface area (Å²) in [5.41, 5.74) is 0. The van der Waals surface area contributed by atoms with Crippen molar-refractivity contribution in [1.82, 2.24) is 9.80 Å². The van der Waals surface area contributed by atoms with Crippen molar-refractivity contribution in [2.45, 2.75) is 201 Å². The fourth-order valence-corrected chi connectivity index (χ4v) is 6.14. The van der Waals surface area contributed by atoms with Gasteiger partial charge in [-0.3, -0.25) is 9.69 Å². The Morgan fingerprint density at radius 2 is 0.585 bits per heavy atom. The van der Waals surface area contributed by atoms with Gasteiger partial charge in [0.25, 0.3) is 0 Å². The highest BCUT2D eigenvalue weighted by Crippen LogP contribution is 2.13. The maximum Gasteiger partial charge on any atom is 0.143 e. The van der Waals surface area contributed by atoms with Gasteiger partial charge >= 0.3 is 0 Å². The van der Waals surface area contributed by atoms with Crippen molar-refractivity contribution in [3.63, 3.8) is 0 Å². The number of carbonyl (C=O) groups is 1. The zero-order valence-corrected chi connectivity index (χ0v) is 29.1. The van der Waals surface area contributed by atoms with Gasteiger partial charge in [0, 0.05) is 13.1 Å². The highest BCUT2D eigenvalue weighted by molar-refractivity contribution is 5.77. The van der Waals surface area contributed by atoms with Crippen molar-refractivity contribution in [3.05, 3.63) is 0 Å². The normalized spacial score (nSPS) is 11.8. The fourth-order valence-electron chi connectivity index (χ4n) is 6.14. The topological polar surface area (TPSA) is 23.6 Å². The van der Waals surface area contributed by atoms with Crippen LogP contribution in [-0.2, 0) is 4.79 Å². The van der Waals surface area contributed by atoms with Gasteiger partial charge in [-0.05, 0) is 45.8 Å². The number of hydrogen-bond acceptors (Lipinski definition) is 3. The minimum absolute atomic E-state index is 0.323. The van der Waals surface area contributed by atoms with E-state index in [4.69, 9.17) is 0 Å². The minimum Gasteiger partial charge on any atom is -0.302 e. The molecule has 0 heterocycles. The molecular formula is C38H78N2O. The van der Waals surface area contributed by atoms with Gasteiger partial charge in [-0.2, -0.15) is 0 Å². The summed E-state index contributed by atoms with van der Waals surface area (Å²) < 4.78 is 0. The van der Waals surface area contributed by atoms with Crippen molar-refractivity contribution in [3.8, 4) is 0 Å². The molecule has 0 N–H and O–H groups in total. The zero-order chi connectivity index (χ0) is 30.1. The molecule has 0 aromatic rings. The predicted molar refractivity (Wildman–Crippen MR) is 185 cm³/mol. The van der Waals surface area contributed by atoms with E-state index in [0.717, 1.165) is 19.6 Å². The van der Waals surface area contributed by atoms with Gasteiger partial charge in [0.05, 0.1) is 6.54 Å². The second kappa shape index (κ2) is 34.1. The number of ketones is 1. The molecule has 0 atom stereocenters. The monoisotopic (exact) mass is 579 g/mol. The molecule has 0 aromatic heterocycles. The Hall–Kier alpha value is -0.410. The molecule has 0 bridgehead atoms. The SMILES string of the molecule is CCCCCCCCCCCCN(CCCCCCCCCCCC)CCN(CCCCCCCCC)CC(C)=O. The molecule has 0 radical (unpaired) electrons. The van der Waals surface area contributed by atoms with E-state index in [1.807, 2.05) is 0 Å². The number of nitrogens with zero attached hydrogens (tertiary/aromatic N) is 2. The van der Waals surface area contributed by atoms with Gasteiger partial charge < -0.3 is 4.90 Å². The van der Waals surface area contributed by atoms with Crippen LogP contribution in [0.2, 0.25) is 0 Å². The lowest BCUT2D eigenvalue weighted by Crippen LogP contribution is -2.38. The molecule has 246 valence electrons. The van der Waals surface area contributed by atoms with Gasteiger partial charge in [0.2, 0.25) is 0 Å². The van der Waals surface area contributed by atoms with Crippen LogP contribution >= 0.6 is 0 Å². The van der Waals surface area contributed by atoms with Gasteiger partial charge in [-0.1, -0.05) is 175 Å². The molecule has 0 amide bonds. The third-order valence-corrected chi connectivity index (χ3v) is 8.91. The van der Waals surface area contributed by atoms with Crippen LogP contribution in [-0.4, -0.2) is 54.9 Å². The van der Waals surface area contributed by atoms with Crippen LogP contribution in [0.1, 0.15) is 201 Å². The third kappa shape index (κ3) is 32.3. The maximum atomic E-state index is 12.0. The first-order valence-corrected chi connectivity index (χ1v) is 19.1. The Morgan fingerprint density at radius 1 is 0.341 bits per heavy atom. The summed E-state index contributed by atoms with van der Waals surface area (Å²) in [7, 11) is 0. The molecule has 0 aliphatic carbocycles. The van der Waals surface area contributed by atoms with Gasteiger partial charge in [-0.25, -0.2) is 0 Å². The number of hydrogen-bond donors (Lipinski definition) is 0. The molecule has 0 rings (SSSR count). The molecule has 0 aliphatic heterocycles. The second-order valence-electron chi connectivity index (χ2n) is 13.3. The van der Waals surface area contributed by atoms with Crippen molar-refractivity contribution >= 4 is 5.78 Å². The lowest BCUT2D eigenvalue weighted by molar-refractivity contribution is -0.118.